The second-order valence-corrected chi connectivity index (χ2v) is 7.95. The zero-order valence-electron chi connectivity index (χ0n) is 15.7. The van der Waals surface area contributed by atoms with Gasteiger partial charge < -0.3 is 10.6 Å². The van der Waals surface area contributed by atoms with Crippen molar-refractivity contribution < 1.29 is 14.0 Å². The molecule has 0 unspecified atom stereocenters. The first-order valence-corrected chi connectivity index (χ1v) is 9.98. The number of aryl methyl sites for hydroxylation is 1. The molecule has 0 saturated carbocycles. The lowest BCUT2D eigenvalue weighted by Crippen LogP contribution is -2.13. The molecule has 2 heterocycles. The maximum atomic E-state index is 13.7. The van der Waals surface area contributed by atoms with E-state index in [2.05, 4.69) is 20.9 Å². The van der Waals surface area contributed by atoms with E-state index in [4.69, 9.17) is 0 Å². The molecule has 0 aliphatic carbocycles. The number of benzene rings is 2. The highest BCUT2D eigenvalue weighted by atomic mass is 32.1. The third-order valence-corrected chi connectivity index (χ3v) is 5.52. The lowest BCUT2D eigenvalue weighted by atomic mass is 10.1. The molecule has 0 bridgehead atoms. The van der Waals surface area contributed by atoms with Crippen molar-refractivity contribution >= 4 is 39.7 Å². The molecule has 0 saturated heterocycles. The molecule has 3 N–H and O–H groups in total. The minimum Gasteiger partial charge on any atom is -0.383 e. The number of carbonyl (C=O) groups is 2. The van der Waals surface area contributed by atoms with Crippen molar-refractivity contribution in [3.63, 3.8) is 0 Å². The Labute approximate surface area is 171 Å². The summed E-state index contributed by atoms with van der Waals surface area (Å²) in [5.41, 5.74) is 3.25. The van der Waals surface area contributed by atoms with Crippen molar-refractivity contribution in [2.75, 3.05) is 22.5 Å². The minimum atomic E-state index is -0.312. The zero-order valence-corrected chi connectivity index (χ0v) is 16.5. The van der Waals surface area contributed by atoms with Crippen LogP contribution in [0.2, 0.25) is 0 Å². The van der Waals surface area contributed by atoms with Gasteiger partial charge in [-0.1, -0.05) is 12.1 Å². The number of aromatic nitrogens is 1. The third kappa shape index (κ3) is 4.43. The quantitative estimate of drug-likeness (QED) is 0.602. The van der Waals surface area contributed by atoms with Crippen LogP contribution in [0.25, 0.3) is 0 Å². The molecule has 148 valence electrons. The van der Waals surface area contributed by atoms with E-state index in [-0.39, 0.29) is 17.6 Å². The predicted octanol–water partition coefficient (Wildman–Crippen LogP) is 4.19. The summed E-state index contributed by atoms with van der Waals surface area (Å²) in [6.07, 6.45) is 2.60. The predicted molar refractivity (Wildman–Crippen MR) is 112 cm³/mol. The summed E-state index contributed by atoms with van der Waals surface area (Å²) in [6, 6.07) is 10.3. The van der Waals surface area contributed by atoms with E-state index in [9.17, 15) is 14.0 Å². The normalized spacial score (nSPS) is 13.1. The van der Waals surface area contributed by atoms with Crippen LogP contribution in [0.5, 0.6) is 0 Å². The van der Waals surface area contributed by atoms with Crippen molar-refractivity contribution in [2.24, 2.45) is 0 Å². The molecule has 4 rings (SSSR count). The molecule has 1 aliphatic heterocycles. The van der Waals surface area contributed by atoms with Gasteiger partial charge in [0, 0.05) is 36.0 Å². The Hall–Kier alpha value is -3.26. The molecule has 0 spiro atoms. The smallest absolute Gasteiger partial charge is 0.257 e. The third-order valence-electron chi connectivity index (χ3n) is 4.61. The van der Waals surface area contributed by atoms with E-state index in [1.165, 1.54) is 17.4 Å². The largest absolute Gasteiger partial charge is 0.383 e. The number of hydrogen-bond acceptors (Lipinski definition) is 5. The summed E-state index contributed by atoms with van der Waals surface area (Å²) >= 11 is 1.35. The Morgan fingerprint density at radius 3 is 2.93 bits per heavy atom. The molecule has 1 aromatic heterocycles. The lowest BCUT2D eigenvalue weighted by molar-refractivity contribution is -0.115. The number of thiazole rings is 1. The van der Waals surface area contributed by atoms with Crippen molar-refractivity contribution in [3.05, 3.63) is 70.0 Å². The molecule has 0 atom stereocenters. The highest BCUT2D eigenvalue weighted by Gasteiger charge is 2.16. The number of halogens is 1. The van der Waals surface area contributed by atoms with Crippen molar-refractivity contribution in [1.82, 2.24) is 4.98 Å². The average molecular weight is 410 g/mol. The van der Waals surface area contributed by atoms with E-state index >= 15 is 0 Å². The molecule has 3 aromatic rings. The summed E-state index contributed by atoms with van der Waals surface area (Å²) in [4.78, 5) is 29.5. The molecule has 8 heteroatoms. The Morgan fingerprint density at radius 2 is 2.10 bits per heavy atom. The molecule has 2 aromatic carbocycles. The van der Waals surface area contributed by atoms with Crippen molar-refractivity contribution in [3.8, 4) is 0 Å². The number of hydrogen-bond donors (Lipinski definition) is 3. The number of nitrogens with one attached hydrogen (secondary N) is 3. The Morgan fingerprint density at radius 1 is 1.24 bits per heavy atom. The molecule has 2 amide bonds. The van der Waals surface area contributed by atoms with E-state index in [1.54, 1.807) is 37.4 Å². The van der Waals surface area contributed by atoms with Gasteiger partial charge in [-0.25, -0.2) is 9.37 Å². The van der Waals surface area contributed by atoms with Gasteiger partial charge in [0.2, 0.25) is 5.91 Å². The highest BCUT2D eigenvalue weighted by Crippen LogP contribution is 2.27. The van der Waals surface area contributed by atoms with Gasteiger partial charge in [-0.05, 0) is 42.3 Å². The molecule has 0 radical (unpaired) electrons. The van der Waals surface area contributed by atoms with E-state index in [0.29, 0.717) is 41.3 Å². The molecule has 1 aliphatic rings. The highest BCUT2D eigenvalue weighted by molar-refractivity contribution is 7.15. The first-order chi connectivity index (χ1) is 14.0. The lowest BCUT2D eigenvalue weighted by Gasteiger charge is -2.09. The SMILES string of the molecule is Cc1ccc(Cc2cnc(NC(=O)c3ccc4c(c3)NC(=O)CCN4)s2)cc1F. The standard InChI is InChI=1S/C21H19FN4O2S/c1-12-2-3-13(9-16(12)22)8-15-11-24-21(29-15)26-20(28)14-4-5-17-18(10-14)25-19(27)6-7-23-17/h2-5,9-11,23H,6-8H2,1H3,(H,25,27)(H,24,26,28). The van der Waals surface area contributed by atoms with Crippen LogP contribution in [0.15, 0.2) is 42.6 Å². The van der Waals surface area contributed by atoms with Crippen LogP contribution >= 0.6 is 11.3 Å². The number of rotatable bonds is 4. The second kappa shape index (κ2) is 8.00. The van der Waals surface area contributed by atoms with Crippen LogP contribution in [0, 0.1) is 12.7 Å². The Bertz CT molecular complexity index is 1100. The molecule has 0 fully saturated rings. The van der Waals surface area contributed by atoms with Gasteiger partial charge in [0.05, 0.1) is 11.4 Å². The zero-order chi connectivity index (χ0) is 20.4. The van der Waals surface area contributed by atoms with Gasteiger partial charge in [0.15, 0.2) is 5.13 Å². The van der Waals surface area contributed by atoms with E-state index < -0.39 is 0 Å². The van der Waals surface area contributed by atoms with Gasteiger partial charge in [-0.2, -0.15) is 0 Å². The van der Waals surface area contributed by atoms with Crippen LogP contribution in [-0.2, 0) is 11.2 Å². The molecular weight excluding hydrogens is 391 g/mol. The van der Waals surface area contributed by atoms with Crippen LogP contribution in [0.1, 0.15) is 32.8 Å². The van der Waals surface area contributed by atoms with Crippen molar-refractivity contribution in [2.45, 2.75) is 19.8 Å². The van der Waals surface area contributed by atoms with Crippen molar-refractivity contribution in [1.29, 1.82) is 0 Å². The average Bonchev–Trinajstić information content (AvgIpc) is 3.03. The van der Waals surface area contributed by atoms with Crippen LogP contribution in [0.4, 0.5) is 20.9 Å². The monoisotopic (exact) mass is 410 g/mol. The van der Waals surface area contributed by atoms with Crippen LogP contribution in [0.3, 0.4) is 0 Å². The van der Waals surface area contributed by atoms with Gasteiger partial charge in [0.25, 0.3) is 5.91 Å². The first-order valence-electron chi connectivity index (χ1n) is 9.17. The van der Waals surface area contributed by atoms with Crippen LogP contribution in [-0.4, -0.2) is 23.3 Å². The molecular formula is C21H19FN4O2S. The Kier molecular flexibility index (Phi) is 5.26. The number of fused-ring (bicyclic) bond motifs is 1. The van der Waals surface area contributed by atoms with Gasteiger partial charge in [-0.15, -0.1) is 11.3 Å². The molecule has 29 heavy (non-hydrogen) atoms. The molecule has 6 nitrogen and oxygen atoms in total. The number of carbonyl (C=O) groups excluding carboxylic acids is 2. The fraction of sp³-hybridized carbons (Fsp3) is 0.190. The summed E-state index contributed by atoms with van der Waals surface area (Å²) in [6.45, 7) is 2.28. The summed E-state index contributed by atoms with van der Waals surface area (Å²) < 4.78 is 13.7. The summed E-state index contributed by atoms with van der Waals surface area (Å²) in [5.74, 6) is -0.634. The van der Waals surface area contributed by atoms with Crippen LogP contribution < -0.4 is 16.0 Å². The van der Waals surface area contributed by atoms with Gasteiger partial charge in [0.1, 0.15) is 5.82 Å². The number of anilines is 3. The number of amides is 2. The van der Waals surface area contributed by atoms with E-state index in [0.717, 1.165) is 16.1 Å². The maximum absolute atomic E-state index is 13.7. The first kappa shape index (κ1) is 19.1. The maximum Gasteiger partial charge on any atom is 0.257 e. The Balaban J connectivity index is 1.45. The minimum absolute atomic E-state index is 0.0917. The second-order valence-electron chi connectivity index (χ2n) is 6.83. The number of nitrogens with zero attached hydrogens (tertiary/aromatic N) is 1. The summed E-state index contributed by atoms with van der Waals surface area (Å²) in [5, 5.41) is 9.20. The van der Waals surface area contributed by atoms with E-state index in [1.807, 2.05) is 6.07 Å². The van der Waals surface area contributed by atoms with Gasteiger partial charge >= 0.3 is 0 Å². The summed E-state index contributed by atoms with van der Waals surface area (Å²) in [7, 11) is 0. The fourth-order valence-corrected chi connectivity index (χ4v) is 3.87. The topological polar surface area (TPSA) is 83.1 Å². The van der Waals surface area contributed by atoms with Gasteiger partial charge in [-0.3, -0.25) is 14.9 Å². The fourth-order valence-electron chi connectivity index (χ4n) is 3.03.